The van der Waals surface area contributed by atoms with Crippen molar-refractivity contribution in [2.75, 3.05) is 0 Å². The van der Waals surface area contributed by atoms with Crippen LogP contribution in [0.1, 0.15) is 13.8 Å². The summed E-state index contributed by atoms with van der Waals surface area (Å²) >= 11 is 0. The summed E-state index contributed by atoms with van der Waals surface area (Å²) in [6.07, 6.45) is 0.998. The highest BCUT2D eigenvalue weighted by Gasteiger charge is 2.18. The second-order valence-electron chi connectivity index (χ2n) is 2.50. The third kappa shape index (κ3) is 2.08. The Morgan fingerprint density at radius 3 is 2.46 bits per heavy atom. The van der Waals surface area contributed by atoms with Crippen LogP contribution in [0.25, 0.3) is 0 Å². The number of cyclic esters (lactones) is 2. The van der Waals surface area contributed by atoms with Crippen LogP contribution in [-0.2, 0) is 19.1 Å². The van der Waals surface area contributed by atoms with Crippen LogP contribution < -0.4 is 0 Å². The molecule has 1 aliphatic rings. The molecule has 0 aliphatic carbocycles. The molecule has 0 saturated heterocycles. The van der Waals surface area contributed by atoms with Gasteiger partial charge in [-0.25, -0.2) is 9.59 Å². The first-order chi connectivity index (χ1) is 6.00. The molecule has 0 aromatic heterocycles. The lowest BCUT2D eigenvalue weighted by molar-refractivity contribution is -0.144. The van der Waals surface area contributed by atoms with E-state index in [1.807, 2.05) is 0 Å². The molecule has 13 heavy (non-hydrogen) atoms. The molecule has 0 bridgehead atoms. The summed E-state index contributed by atoms with van der Waals surface area (Å²) in [4.78, 5) is 21.9. The van der Waals surface area contributed by atoms with Crippen LogP contribution in [0.3, 0.4) is 0 Å². The molecule has 0 saturated carbocycles. The zero-order chi connectivity index (χ0) is 10.0. The maximum atomic E-state index is 11.0. The smallest absolute Gasteiger partial charge is 0.341 e. The van der Waals surface area contributed by atoms with Gasteiger partial charge in [-0.3, -0.25) is 0 Å². The minimum Gasteiger partial charge on any atom is -0.478 e. The lowest BCUT2D eigenvalue weighted by atomic mass is 10.3. The molecule has 0 unspecified atom stereocenters. The van der Waals surface area contributed by atoms with E-state index in [4.69, 9.17) is 5.11 Å². The minimum atomic E-state index is -0.770. The summed E-state index contributed by atoms with van der Waals surface area (Å²) in [5.74, 6) is -2.31. The van der Waals surface area contributed by atoms with Crippen LogP contribution in [0.5, 0.6) is 0 Å². The summed E-state index contributed by atoms with van der Waals surface area (Å²) in [6, 6.07) is 0. The molecule has 1 N–H and O–H groups in total. The van der Waals surface area contributed by atoms with E-state index < -0.39 is 17.9 Å². The number of carbonyl (C=O) groups is 2. The van der Waals surface area contributed by atoms with E-state index in [0.29, 0.717) is 0 Å². The molecule has 0 radical (unpaired) electrons. The van der Waals surface area contributed by atoms with Crippen molar-refractivity contribution in [3.63, 3.8) is 0 Å². The fraction of sp³-hybridized carbons (Fsp3) is 0.250. The van der Waals surface area contributed by atoms with Crippen molar-refractivity contribution in [1.82, 2.24) is 0 Å². The molecule has 0 aromatic rings. The minimum absolute atomic E-state index is 0.0732. The van der Waals surface area contributed by atoms with Gasteiger partial charge in [-0.15, -0.1) is 0 Å². The Morgan fingerprint density at radius 2 is 1.85 bits per heavy atom. The molecular formula is C8H8O5. The van der Waals surface area contributed by atoms with Crippen LogP contribution in [0.4, 0.5) is 0 Å². The van der Waals surface area contributed by atoms with Crippen molar-refractivity contribution in [2.24, 2.45) is 0 Å². The summed E-state index contributed by atoms with van der Waals surface area (Å²) in [7, 11) is 0. The Bertz CT molecular complexity index is 323. The number of rotatable bonds is 0. The third-order valence-corrected chi connectivity index (χ3v) is 1.40. The molecule has 1 rings (SSSR count). The highest BCUT2D eigenvalue weighted by atomic mass is 16.6. The van der Waals surface area contributed by atoms with Crippen LogP contribution in [0.15, 0.2) is 23.4 Å². The molecule has 0 fully saturated rings. The maximum Gasteiger partial charge on any atom is 0.341 e. The molecule has 0 amide bonds. The Hall–Kier alpha value is -1.78. The number of hydrogen-bond donors (Lipinski definition) is 1. The van der Waals surface area contributed by atoms with Gasteiger partial charge in [-0.05, 0) is 6.92 Å². The Balaban J connectivity index is 3.01. The standard InChI is InChI=1S/C8H8O5/c1-4-3-6(9)12-5(2)8(11)13-7(4)10/h3,11H,1-2H3/b4-3-,8-5-. The van der Waals surface area contributed by atoms with E-state index in [2.05, 4.69) is 9.47 Å². The summed E-state index contributed by atoms with van der Waals surface area (Å²) in [5, 5.41) is 9.02. The van der Waals surface area contributed by atoms with Crippen molar-refractivity contribution in [1.29, 1.82) is 0 Å². The van der Waals surface area contributed by atoms with Gasteiger partial charge in [0, 0.05) is 18.6 Å². The quantitative estimate of drug-likeness (QED) is 0.563. The van der Waals surface area contributed by atoms with E-state index in [-0.39, 0.29) is 11.3 Å². The molecule has 5 nitrogen and oxygen atoms in total. The Labute approximate surface area is 74.3 Å². The summed E-state index contributed by atoms with van der Waals surface area (Å²) in [6.45, 7) is 2.70. The number of ether oxygens (including phenoxy) is 2. The normalized spacial score (nSPS) is 28.0. The monoisotopic (exact) mass is 184 g/mol. The molecule has 70 valence electrons. The molecule has 5 heteroatoms. The van der Waals surface area contributed by atoms with Gasteiger partial charge in [0.15, 0.2) is 5.76 Å². The number of hydrogen-bond acceptors (Lipinski definition) is 5. The van der Waals surface area contributed by atoms with Crippen molar-refractivity contribution in [3.8, 4) is 0 Å². The predicted molar refractivity (Wildman–Crippen MR) is 41.3 cm³/mol. The first kappa shape index (κ1) is 9.31. The third-order valence-electron chi connectivity index (χ3n) is 1.40. The number of carbonyl (C=O) groups excluding carboxylic acids is 2. The van der Waals surface area contributed by atoms with Gasteiger partial charge in [0.05, 0.1) is 0 Å². The number of allylic oxidation sites excluding steroid dienone is 1. The highest BCUT2D eigenvalue weighted by molar-refractivity contribution is 5.96. The summed E-state index contributed by atoms with van der Waals surface area (Å²) < 4.78 is 8.97. The second kappa shape index (κ2) is 3.30. The molecule has 1 heterocycles. The van der Waals surface area contributed by atoms with E-state index >= 15 is 0 Å². The van der Waals surface area contributed by atoms with Crippen LogP contribution >= 0.6 is 0 Å². The van der Waals surface area contributed by atoms with Crippen LogP contribution in [-0.4, -0.2) is 17.0 Å². The lowest BCUT2D eigenvalue weighted by Gasteiger charge is -2.09. The van der Waals surface area contributed by atoms with Gasteiger partial charge in [-0.2, -0.15) is 0 Å². The van der Waals surface area contributed by atoms with Crippen molar-refractivity contribution in [3.05, 3.63) is 23.4 Å². The topological polar surface area (TPSA) is 72.8 Å². The van der Waals surface area contributed by atoms with E-state index in [0.717, 1.165) is 6.08 Å². The molecule has 0 spiro atoms. The lowest BCUT2D eigenvalue weighted by Crippen LogP contribution is -2.14. The van der Waals surface area contributed by atoms with Gasteiger partial charge in [0.1, 0.15) is 0 Å². The van der Waals surface area contributed by atoms with Crippen molar-refractivity contribution >= 4 is 11.9 Å². The van der Waals surface area contributed by atoms with Crippen LogP contribution in [0, 0.1) is 0 Å². The number of esters is 2. The zero-order valence-corrected chi connectivity index (χ0v) is 7.16. The highest BCUT2D eigenvalue weighted by Crippen LogP contribution is 2.12. The van der Waals surface area contributed by atoms with Gasteiger partial charge >= 0.3 is 17.9 Å². The van der Waals surface area contributed by atoms with Gasteiger partial charge in [0.25, 0.3) is 0 Å². The first-order valence-corrected chi connectivity index (χ1v) is 3.53. The van der Waals surface area contributed by atoms with Crippen molar-refractivity contribution in [2.45, 2.75) is 13.8 Å². The van der Waals surface area contributed by atoms with Crippen molar-refractivity contribution < 1.29 is 24.2 Å². The zero-order valence-electron chi connectivity index (χ0n) is 7.16. The van der Waals surface area contributed by atoms with E-state index in [1.54, 1.807) is 0 Å². The van der Waals surface area contributed by atoms with Gasteiger partial charge in [0.2, 0.25) is 0 Å². The summed E-state index contributed by atoms with van der Waals surface area (Å²) in [5.41, 5.74) is 0.0732. The van der Waals surface area contributed by atoms with Crippen LogP contribution in [0.2, 0.25) is 0 Å². The average Bonchev–Trinajstić information content (AvgIpc) is 2.02. The Kier molecular flexibility index (Phi) is 2.36. The fourth-order valence-electron chi connectivity index (χ4n) is 0.700. The van der Waals surface area contributed by atoms with Gasteiger partial charge in [-0.1, -0.05) is 0 Å². The number of aliphatic hydroxyl groups is 1. The molecule has 0 atom stereocenters. The van der Waals surface area contributed by atoms with Gasteiger partial charge < -0.3 is 14.6 Å². The van der Waals surface area contributed by atoms with E-state index in [1.165, 1.54) is 13.8 Å². The fourth-order valence-corrected chi connectivity index (χ4v) is 0.700. The molecule has 1 aliphatic heterocycles. The molecule has 0 aromatic carbocycles. The number of aliphatic hydroxyl groups excluding tert-OH is 1. The first-order valence-electron chi connectivity index (χ1n) is 3.53. The largest absolute Gasteiger partial charge is 0.478 e. The molecular weight excluding hydrogens is 176 g/mol. The van der Waals surface area contributed by atoms with E-state index in [9.17, 15) is 9.59 Å². The maximum absolute atomic E-state index is 11.0. The average molecular weight is 184 g/mol. The predicted octanol–water partition coefficient (Wildman–Crippen LogP) is 0.780. The SMILES string of the molecule is C/C1=C/C(=O)O/C(C)=C(/O)OC1=O. The second-order valence-corrected chi connectivity index (χ2v) is 2.50. The Morgan fingerprint density at radius 1 is 1.23 bits per heavy atom.